The Labute approximate surface area is 174 Å². The Balaban J connectivity index is 1.71. The summed E-state index contributed by atoms with van der Waals surface area (Å²) in [5.41, 5.74) is 0. The summed E-state index contributed by atoms with van der Waals surface area (Å²) in [5, 5.41) is 0. The van der Waals surface area contributed by atoms with Crippen molar-refractivity contribution in [3.8, 4) is 5.75 Å². The highest BCUT2D eigenvalue weighted by atomic mass is 79.9. The Morgan fingerprint density at radius 2 is 1.41 bits per heavy atom. The van der Waals surface area contributed by atoms with E-state index in [-0.39, 0.29) is 16.9 Å². The Bertz CT molecular complexity index is 948. The van der Waals surface area contributed by atoms with Crippen molar-refractivity contribution in [1.29, 1.82) is 0 Å². The normalized spacial score (nSPS) is 13.6. The zero-order chi connectivity index (χ0) is 19.0. The van der Waals surface area contributed by atoms with E-state index in [0.29, 0.717) is 5.75 Å². The number of hydrogen-bond donors (Lipinski definition) is 0. The molecule has 0 N–H and O–H groups in total. The summed E-state index contributed by atoms with van der Waals surface area (Å²) in [6, 6.07) is 25.1. The fourth-order valence-corrected chi connectivity index (χ4v) is 6.59. The lowest BCUT2D eigenvalue weighted by molar-refractivity contribution is -0.136. The molecular weight excluding hydrogens is 440 g/mol. The molecule has 0 amide bonds. The molecule has 1 heterocycles. The van der Waals surface area contributed by atoms with Crippen LogP contribution < -0.4 is 4.74 Å². The fourth-order valence-electron chi connectivity index (χ4n) is 2.77. The van der Waals surface area contributed by atoms with Gasteiger partial charge in [-0.15, -0.1) is 0 Å². The maximum Gasteiger partial charge on any atom is 0.327 e. The van der Waals surface area contributed by atoms with E-state index >= 15 is 0 Å². The van der Waals surface area contributed by atoms with Gasteiger partial charge in [0.15, 0.2) is 14.7 Å². The van der Waals surface area contributed by atoms with Gasteiger partial charge in [0.05, 0.1) is 9.79 Å². The summed E-state index contributed by atoms with van der Waals surface area (Å²) in [5.74, 6) is 0.260. The summed E-state index contributed by atoms with van der Waals surface area (Å²) in [7, 11) is -0.167. The third kappa shape index (κ3) is 3.82. The van der Waals surface area contributed by atoms with E-state index in [4.69, 9.17) is 4.74 Å². The van der Waals surface area contributed by atoms with E-state index in [1.165, 1.54) is 24.5 Å². The van der Waals surface area contributed by atoms with Crippen LogP contribution in [0.15, 0.2) is 97.3 Å². The quantitative estimate of drug-likeness (QED) is 0.155. The number of fused-ring (bicyclic) bond motifs is 2. The molecule has 0 spiro atoms. The molecule has 136 valence electrons. The van der Waals surface area contributed by atoms with Gasteiger partial charge in [-0.1, -0.05) is 52.0 Å². The average Bonchev–Trinajstić information content (AvgIpc) is 2.66. The molecule has 0 aliphatic carbocycles. The summed E-state index contributed by atoms with van der Waals surface area (Å²) in [6.45, 7) is 3.55. The number of carbonyl (C=O) groups excluding carboxylic acids is 1. The predicted octanol–water partition coefficient (Wildman–Crippen LogP) is 6.33. The minimum Gasteiger partial charge on any atom is -0.426 e. The van der Waals surface area contributed by atoms with Crippen molar-refractivity contribution in [3.05, 3.63) is 72.8 Å². The number of alkyl halides is 1. The number of carbonyl (C=O) groups is 1. The van der Waals surface area contributed by atoms with Crippen molar-refractivity contribution in [2.24, 2.45) is 0 Å². The van der Waals surface area contributed by atoms with Gasteiger partial charge in [0, 0.05) is 0 Å². The van der Waals surface area contributed by atoms with Crippen LogP contribution in [0.25, 0.3) is 0 Å². The van der Waals surface area contributed by atoms with Crippen molar-refractivity contribution in [1.82, 2.24) is 0 Å². The standard InChI is InChI=1S/C22H18BrO2S2/c1-22(2,23)21(24)25-15-11-13-16(14-12-15)27-19-9-5-3-7-17(19)26-18-8-4-6-10-20(18)27/h3-14H,1-2H3/q+1. The van der Waals surface area contributed by atoms with E-state index in [1.807, 2.05) is 23.9 Å². The highest BCUT2D eigenvalue weighted by Gasteiger charge is 2.37. The van der Waals surface area contributed by atoms with Crippen molar-refractivity contribution < 1.29 is 9.53 Å². The number of esters is 1. The van der Waals surface area contributed by atoms with Gasteiger partial charge in [-0.05, 0) is 62.4 Å². The Morgan fingerprint density at radius 3 is 1.93 bits per heavy atom. The van der Waals surface area contributed by atoms with Crippen LogP contribution in [0, 0.1) is 0 Å². The van der Waals surface area contributed by atoms with Gasteiger partial charge in [-0.2, -0.15) is 0 Å². The molecule has 2 nitrogen and oxygen atoms in total. The number of hydrogen-bond acceptors (Lipinski definition) is 3. The molecule has 3 aromatic rings. The van der Waals surface area contributed by atoms with Crippen LogP contribution in [0.3, 0.4) is 0 Å². The second kappa shape index (κ2) is 7.38. The number of rotatable bonds is 3. The molecule has 4 rings (SSSR count). The molecule has 1 aliphatic heterocycles. The van der Waals surface area contributed by atoms with Gasteiger partial charge in [-0.3, -0.25) is 4.79 Å². The molecule has 0 aromatic heterocycles. The molecule has 0 bridgehead atoms. The molecule has 5 heteroatoms. The van der Waals surface area contributed by atoms with Gasteiger partial charge in [0.2, 0.25) is 0 Å². The monoisotopic (exact) mass is 457 g/mol. The molecule has 0 fully saturated rings. The lowest BCUT2D eigenvalue weighted by Crippen LogP contribution is -2.29. The van der Waals surface area contributed by atoms with Crippen molar-refractivity contribution in [2.45, 2.75) is 42.6 Å². The Kier molecular flexibility index (Phi) is 5.10. The van der Waals surface area contributed by atoms with Crippen molar-refractivity contribution in [2.75, 3.05) is 0 Å². The third-order valence-electron chi connectivity index (χ3n) is 4.11. The molecule has 0 unspecified atom stereocenters. The van der Waals surface area contributed by atoms with Gasteiger partial charge in [0.25, 0.3) is 0 Å². The lowest BCUT2D eigenvalue weighted by Gasteiger charge is -2.19. The first kappa shape index (κ1) is 18.7. The van der Waals surface area contributed by atoms with Gasteiger partial charge in [0.1, 0.15) is 21.0 Å². The summed E-state index contributed by atoms with van der Waals surface area (Å²) in [4.78, 5) is 18.6. The van der Waals surface area contributed by atoms with Gasteiger partial charge >= 0.3 is 5.97 Å². The highest BCUT2D eigenvalue weighted by Crippen LogP contribution is 2.48. The Hall–Kier alpha value is -1.69. The molecule has 0 saturated heterocycles. The summed E-state index contributed by atoms with van der Waals surface area (Å²) < 4.78 is 4.77. The largest absolute Gasteiger partial charge is 0.426 e. The van der Waals surface area contributed by atoms with Crippen molar-refractivity contribution >= 4 is 44.6 Å². The minimum absolute atomic E-state index is 0.167. The van der Waals surface area contributed by atoms with E-state index in [2.05, 4.69) is 76.6 Å². The predicted molar refractivity (Wildman–Crippen MR) is 114 cm³/mol. The van der Waals surface area contributed by atoms with Crippen LogP contribution in [-0.4, -0.2) is 10.3 Å². The fraction of sp³-hybridized carbons (Fsp3) is 0.136. The van der Waals surface area contributed by atoms with E-state index < -0.39 is 4.32 Å². The summed E-state index contributed by atoms with van der Waals surface area (Å²) >= 11 is 5.17. The minimum atomic E-state index is -0.702. The number of ether oxygens (including phenoxy) is 1. The second-order valence-electron chi connectivity index (χ2n) is 6.64. The molecule has 0 radical (unpaired) electrons. The lowest BCUT2D eigenvalue weighted by atomic mass is 10.2. The van der Waals surface area contributed by atoms with Gasteiger partial charge < -0.3 is 4.74 Å². The third-order valence-corrected chi connectivity index (χ3v) is 8.18. The zero-order valence-corrected chi connectivity index (χ0v) is 18.2. The van der Waals surface area contributed by atoms with Gasteiger partial charge in [-0.25, -0.2) is 0 Å². The maximum atomic E-state index is 12.1. The Morgan fingerprint density at radius 1 is 0.889 bits per heavy atom. The van der Waals surface area contributed by atoms with Crippen LogP contribution in [0.2, 0.25) is 0 Å². The topological polar surface area (TPSA) is 26.3 Å². The molecule has 1 aliphatic rings. The van der Waals surface area contributed by atoms with E-state index in [9.17, 15) is 4.79 Å². The highest BCUT2D eigenvalue weighted by molar-refractivity contribution is 9.10. The average molecular weight is 458 g/mol. The second-order valence-corrected chi connectivity index (χ2v) is 11.7. The molecule has 0 atom stereocenters. The molecule has 27 heavy (non-hydrogen) atoms. The zero-order valence-electron chi connectivity index (χ0n) is 14.9. The van der Waals surface area contributed by atoms with Crippen LogP contribution in [-0.2, 0) is 15.7 Å². The van der Waals surface area contributed by atoms with Crippen LogP contribution in [0.5, 0.6) is 5.75 Å². The first-order valence-electron chi connectivity index (χ1n) is 8.55. The smallest absolute Gasteiger partial charge is 0.327 e. The van der Waals surface area contributed by atoms with Crippen molar-refractivity contribution in [3.63, 3.8) is 0 Å². The summed E-state index contributed by atoms with van der Waals surface area (Å²) in [6.07, 6.45) is 0. The molecule has 0 saturated carbocycles. The van der Waals surface area contributed by atoms with Crippen LogP contribution in [0.1, 0.15) is 13.8 Å². The van der Waals surface area contributed by atoms with E-state index in [0.717, 1.165) is 0 Å². The SMILES string of the molecule is CC(C)(Br)C(=O)Oc1ccc([S+]2c3ccccc3Sc3ccccc32)cc1. The number of halogens is 1. The first-order chi connectivity index (χ1) is 12.9. The van der Waals surface area contributed by atoms with Crippen LogP contribution in [0.4, 0.5) is 0 Å². The first-order valence-corrected chi connectivity index (χ1v) is 11.4. The number of benzene rings is 3. The van der Waals surface area contributed by atoms with E-state index in [1.54, 1.807) is 13.8 Å². The molecular formula is C22H18BrO2S2+. The maximum absolute atomic E-state index is 12.1. The van der Waals surface area contributed by atoms with Crippen LogP contribution >= 0.6 is 27.7 Å². The molecule has 3 aromatic carbocycles.